The summed E-state index contributed by atoms with van der Waals surface area (Å²) in [5.74, 6) is -0.945. The molecule has 4 rings (SSSR count). The molecule has 0 unspecified atom stereocenters. The number of aryl methyl sites for hydroxylation is 2. The van der Waals surface area contributed by atoms with Crippen LogP contribution in [0, 0.1) is 13.8 Å². The maximum absolute atomic E-state index is 13.2. The second-order valence-electron chi connectivity index (χ2n) is 8.46. The molecule has 3 aromatic rings. The number of imide groups is 2. The molecule has 4 amide bonds. The van der Waals surface area contributed by atoms with Crippen molar-refractivity contribution in [1.82, 2.24) is 5.32 Å². The Kier molecular flexibility index (Phi) is 7.86. The van der Waals surface area contributed by atoms with E-state index in [1.54, 1.807) is 30.3 Å². The number of anilines is 1. The van der Waals surface area contributed by atoms with Crippen LogP contribution in [0.4, 0.5) is 10.5 Å². The van der Waals surface area contributed by atoms with Crippen LogP contribution in [-0.4, -0.2) is 24.5 Å². The maximum atomic E-state index is 13.2. The number of para-hydroxylation sites is 1. The third kappa shape index (κ3) is 5.79. The Hall–Kier alpha value is -3.81. The van der Waals surface area contributed by atoms with Crippen LogP contribution in [0.3, 0.4) is 0 Å². The Bertz CT molecular complexity index is 1410. The van der Waals surface area contributed by atoms with Crippen molar-refractivity contribution in [2.75, 3.05) is 11.5 Å². The lowest BCUT2D eigenvalue weighted by Gasteiger charge is -2.27. The van der Waals surface area contributed by atoms with Crippen LogP contribution in [0.5, 0.6) is 11.5 Å². The Morgan fingerprint density at radius 3 is 2.30 bits per heavy atom. The van der Waals surface area contributed by atoms with Crippen molar-refractivity contribution >= 4 is 52.8 Å². The Morgan fingerprint density at radius 2 is 1.62 bits per heavy atom. The van der Waals surface area contributed by atoms with Crippen molar-refractivity contribution in [3.05, 3.63) is 92.5 Å². The molecule has 0 radical (unpaired) electrons. The summed E-state index contributed by atoms with van der Waals surface area (Å²) < 4.78 is 11.8. The molecule has 1 fully saturated rings. The number of nitrogens with zero attached hydrogens (tertiary/aromatic N) is 1. The van der Waals surface area contributed by atoms with Gasteiger partial charge < -0.3 is 9.47 Å². The molecular weight excluding hydrogens is 515 g/mol. The highest BCUT2D eigenvalue weighted by atomic mass is 35.5. The molecule has 0 bridgehead atoms. The number of hydrogen-bond donors (Lipinski definition) is 1. The van der Waals surface area contributed by atoms with E-state index in [-0.39, 0.29) is 27.9 Å². The standard InChI is InChI=1S/C28H24Cl2N2O5/c1-4-36-24-14-18(13-22(30)25(24)37-15-19-10-16(2)9-17(3)11-19)12-20-26(33)31-28(35)32(27(20)34)23-8-6-5-7-21(23)29/h5-14H,4,15H2,1-3H3,(H,31,33,35)/b20-12+. The summed E-state index contributed by atoms with van der Waals surface area (Å²) >= 11 is 12.7. The summed E-state index contributed by atoms with van der Waals surface area (Å²) in [7, 11) is 0. The van der Waals surface area contributed by atoms with E-state index in [1.807, 2.05) is 32.9 Å². The fraction of sp³-hybridized carbons (Fsp3) is 0.179. The van der Waals surface area contributed by atoms with Gasteiger partial charge in [0, 0.05) is 0 Å². The maximum Gasteiger partial charge on any atom is 0.335 e. The molecule has 0 atom stereocenters. The van der Waals surface area contributed by atoms with Gasteiger partial charge in [-0.25, -0.2) is 9.69 Å². The monoisotopic (exact) mass is 538 g/mol. The van der Waals surface area contributed by atoms with Crippen molar-refractivity contribution in [2.24, 2.45) is 0 Å². The zero-order valence-electron chi connectivity index (χ0n) is 20.4. The van der Waals surface area contributed by atoms with Crippen molar-refractivity contribution in [2.45, 2.75) is 27.4 Å². The first kappa shape index (κ1) is 26.3. The molecule has 1 aliphatic rings. The van der Waals surface area contributed by atoms with Crippen LogP contribution < -0.4 is 19.7 Å². The molecule has 1 heterocycles. The van der Waals surface area contributed by atoms with Crippen molar-refractivity contribution in [3.63, 3.8) is 0 Å². The van der Waals surface area contributed by atoms with Crippen LogP contribution in [0.2, 0.25) is 10.0 Å². The zero-order chi connectivity index (χ0) is 26.7. The zero-order valence-corrected chi connectivity index (χ0v) is 21.9. The number of hydrogen-bond acceptors (Lipinski definition) is 5. The van der Waals surface area contributed by atoms with E-state index in [0.717, 1.165) is 21.6 Å². The van der Waals surface area contributed by atoms with E-state index in [9.17, 15) is 14.4 Å². The molecule has 9 heteroatoms. The number of benzene rings is 3. The number of nitrogens with one attached hydrogen (secondary N) is 1. The van der Waals surface area contributed by atoms with Gasteiger partial charge in [-0.2, -0.15) is 0 Å². The minimum atomic E-state index is -0.886. The number of amides is 4. The Balaban J connectivity index is 1.67. The largest absolute Gasteiger partial charge is 0.490 e. The van der Waals surface area contributed by atoms with Crippen LogP contribution in [0.25, 0.3) is 6.08 Å². The molecule has 1 saturated heterocycles. The average molecular weight is 539 g/mol. The molecule has 0 aromatic heterocycles. The summed E-state index contributed by atoms with van der Waals surface area (Å²) in [4.78, 5) is 39.1. The third-order valence-electron chi connectivity index (χ3n) is 5.50. The molecule has 0 aliphatic carbocycles. The summed E-state index contributed by atoms with van der Waals surface area (Å²) in [5.41, 5.74) is 3.54. The van der Waals surface area contributed by atoms with Gasteiger partial charge in [0.15, 0.2) is 11.5 Å². The fourth-order valence-corrected chi connectivity index (χ4v) is 4.55. The van der Waals surface area contributed by atoms with Gasteiger partial charge in [0.1, 0.15) is 12.2 Å². The molecule has 0 saturated carbocycles. The Morgan fingerprint density at radius 1 is 0.919 bits per heavy atom. The third-order valence-corrected chi connectivity index (χ3v) is 6.10. The van der Waals surface area contributed by atoms with E-state index in [2.05, 4.69) is 11.4 Å². The normalized spacial score (nSPS) is 14.7. The Labute approximate surface area is 224 Å². The lowest BCUT2D eigenvalue weighted by molar-refractivity contribution is -0.122. The lowest BCUT2D eigenvalue weighted by atomic mass is 10.1. The summed E-state index contributed by atoms with van der Waals surface area (Å²) in [6, 6.07) is 14.8. The molecule has 0 spiro atoms. The molecule has 1 aliphatic heterocycles. The number of barbiturate groups is 1. The smallest absolute Gasteiger partial charge is 0.335 e. The predicted octanol–water partition coefficient (Wildman–Crippen LogP) is 6.25. The van der Waals surface area contributed by atoms with Crippen molar-refractivity contribution in [1.29, 1.82) is 0 Å². The topological polar surface area (TPSA) is 84.9 Å². The van der Waals surface area contributed by atoms with Gasteiger partial charge in [0.25, 0.3) is 11.8 Å². The molecule has 1 N–H and O–H groups in total. The van der Waals surface area contributed by atoms with Gasteiger partial charge in [-0.05, 0) is 62.2 Å². The van der Waals surface area contributed by atoms with E-state index >= 15 is 0 Å². The van der Waals surface area contributed by atoms with Crippen molar-refractivity contribution in [3.8, 4) is 11.5 Å². The second kappa shape index (κ2) is 11.1. The molecule has 3 aromatic carbocycles. The number of urea groups is 1. The minimum absolute atomic E-state index is 0.160. The second-order valence-corrected chi connectivity index (χ2v) is 9.27. The summed E-state index contributed by atoms with van der Waals surface area (Å²) in [5, 5.41) is 2.61. The molecule has 37 heavy (non-hydrogen) atoms. The lowest BCUT2D eigenvalue weighted by Crippen LogP contribution is -2.54. The van der Waals surface area contributed by atoms with E-state index in [4.69, 9.17) is 32.7 Å². The first-order chi connectivity index (χ1) is 17.7. The van der Waals surface area contributed by atoms with Crippen LogP contribution in [-0.2, 0) is 16.2 Å². The van der Waals surface area contributed by atoms with Gasteiger partial charge in [0.05, 0.1) is 22.3 Å². The predicted molar refractivity (Wildman–Crippen MR) is 143 cm³/mol. The summed E-state index contributed by atoms with van der Waals surface area (Å²) in [6.07, 6.45) is 1.34. The van der Waals surface area contributed by atoms with Crippen LogP contribution >= 0.6 is 23.2 Å². The van der Waals surface area contributed by atoms with E-state index < -0.39 is 17.8 Å². The number of halogens is 2. The van der Waals surface area contributed by atoms with Gasteiger partial charge in [-0.1, -0.05) is 64.7 Å². The van der Waals surface area contributed by atoms with Gasteiger partial charge in [0.2, 0.25) is 0 Å². The van der Waals surface area contributed by atoms with Gasteiger partial charge >= 0.3 is 6.03 Å². The molecular formula is C28H24Cl2N2O5. The summed E-state index contributed by atoms with van der Waals surface area (Å²) in [6.45, 7) is 6.46. The molecule has 190 valence electrons. The van der Waals surface area contributed by atoms with Crippen molar-refractivity contribution < 1.29 is 23.9 Å². The van der Waals surface area contributed by atoms with Crippen LogP contribution in [0.1, 0.15) is 29.2 Å². The number of carbonyl (C=O) groups excluding carboxylic acids is 3. The first-order valence-corrected chi connectivity index (χ1v) is 12.3. The minimum Gasteiger partial charge on any atom is -0.490 e. The van der Waals surface area contributed by atoms with Gasteiger partial charge in [-0.15, -0.1) is 0 Å². The highest BCUT2D eigenvalue weighted by molar-refractivity contribution is 6.42. The highest BCUT2D eigenvalue weighted by Gasteiger charge is 2.37. The first-order valence-electron chi connectivity index (χ1n) is 11.5. The average Bonchev–Trinajstić information content (AvgIpc) is 2.82. The van der Waals surface area contributed by atoms with Gasteiger partial charge in [-0.3, -0.25) is 14.9 Å². The SMILES string of the molecule is CCOc1cc(/C=C2\C(=O)NC(=O)N(c3ccccc3Cl)C2=O)cc(Cl)c1OCc1cc(C)cc(C)c1. The fourth-order valence-electron chi connectivity index (χ4n) is 4.06. The van der Waals surface area contributed by atoms with E-state index in [1.165, 1.54) is 12.1 Å². The number of ether oxygens (including phenoxy) is 2. The number of carbonyl (C=O) groups is 3. The highest BCUT2D eigenvalue weighted by Crippen LogP contribution is 2.38. The molecule has 7 nitrogen and oxygen atoms in total. The number of rotatable bonds is 7. The van der Waals surface area contributed by atoms with E-state index in [0.29, 0.717) is 23.7 Å². The van der Waals surface area contributed by atoms with Crippen LogP contribution in [0.15, 0.2) is 60.2 Å². The quantitative estimate of drug-likeness (QED) is 0.283.